The number of benzene rings is 1. The topological polar surface area (TPSA) is 71.6 Å². The van der Waals surface area contributed by atoms with Gasteiger partial charge in [0.05, 0.1) is 12.6 Å². The summed E-state index contributed by atoms with van der Waals surface area (Å²) in [5, 5.41) is 7.26. The summed E-state index contributed by atoms with van der Waals surface area (Å²) in [4.78, 5) is 27.0. The van der Waals surface area contributed by atoms with Crippen molar-refractivity contribution in [3.8, 4) is 0 Å². The third-order valence-electron chi connectivity index (χ3n) is 5.76. The fraction of sp³-hybridized carbons (Fsp3) is 0.435. The molecular formula is C23H29N5O2. The molecule has 4 rings (SSSR count). The number of likely N-dealkylation sites (tertiary alicyclic amines) is 1. The van der Waals surface area contributed by atoms with Crippen molar-refractivity contribution in [2.45, 2.75) is 51.6 Å². The lowest BCUT2D eigenvalue weighted by atomic mass is 9.86. The molecule has 1 unspecified atom stereocenters. The molecule has 1 aliphatic heterocycles. The van der Waals surface area contributed by atoms with Gasteiger partial charge in [-0.2, -0.15) is 0 Å². The van der Waals surface area contributed by atoms with Crippen molar-refractivity contribution in [3.63, 3.8) is 0 Å². The van der Waals surface area contributed by atoms with E-state index in [0.29, 0.717) is 18.7 Å². The number of fused-ring (bicyclic) bond motifs is 1. The van der Waals surface area contributed by atoms with Gasteiger partial charge in [-0.05, 0) is 41.5 Å². The van der Waals surface area contributed by atoms with Crippen LogP contribution in [0.25, 0.3) is 5.65 Å². The Morgan fingerprint density at radius 3 is 2.63 bits per heavy atom. The van der Waals surface area contributed by atoms with Gasteiger partial charge >= 0.3 is 11.7 Å². The summed E-state index contributed by atoms with van der Waals surface area (Å²) in [6.07, 6.45) is 3.65. The Morgan fingerprint density at radius 2 is 1.93 bits per heavy atom. The summed E-state index contributed by atoms with van der Waals surface area (Å²) in [5.74, 6) is 0. The molecule has 1 N–H and O–H groups in total. The maximum Gasteiger partial charge on any atom is 0.350 e. The van der Waals surface area contributed by atoms with E-state index in [2.05, 4.69) is 55.5 Å². The van der Waals surface area contributed by atoms with E-state index in [-0.39, 0.29) is 23.2 Å². The molecule has 7 heteroatoms. The van der Waals surface area contributed by atoms with Crippen molar-refractivity contribution in [2.24, 2.45) is 0 Å². The number of nitrogens with one attached hydrogen (secondary N) is 1. The highest BCUT2D eigenvalue weighted by molar-refractivity contribution is 5.75. The number of rotatable bonds is 4. The minimum Gasteiger partial charge on any atom is -0.336 e. The van der Waals surface area contributed by atoms with Gasteiger partial charge in [-0.25, -0.2) is 14.3 Å². The summed E-state index contributed by atoms with van der Waals surface area (Å²) >= 11 is 0. The average molecular weight is 408 g/mol. The SMILES string of the molecule is CC(C)(C)c1ccc(C2CCCN2C(=O)NCCn2nc3ccccn3c2=O)cc1. The van der Waals surface area contributed by atoms with Gasteiger partial charge in [0.25, 0.3) is 0 Å². The van der Waals surface area contributed by atoms with E-state index in [9.17, 15) is 9.59 Å². The first-order valence-electron chi connectivity index (χ1n) is 10.5. The Kier molecular flexibility index (Phi) is 5.37. The average Bonchev–Trinajstić information content (AvgIpc) is 3.33. The van der Waals surface area contributed by atoms with Crippen LogP contribution >= 0.6 is 0 Å². The molecule has 1 saturated heterocycles. The Bertz CT molecular complexity index is 1090. The number of urea groups is 1. The number of aromatic nitrogens is 3. The molecule has 0 aliphatic carbocycles. The zero-order valence-electron chi connectivity index (χ0n) is 17.8. The third-order valence-corrected chi connectivity index (χ3v) is 5.76. The van der Waals surface area contributed by atoms with Gasteiger partial charge in [0.2, 0.25) is 0 Å². The van der Waals surface area contributed by atoms with Crippen LogP contribution in [0.5, 0.6) is 0 Å². The van der Waals surface area contributed by atoms with Crippen LogP contribution in [0.15, 0.2) is 53.5 Å². The molecule has 1 aromatic carbocycles. The standard InChI is InChI=1S/C23H29N5O2/c1-23(2,3)18-11-9-17(10-12-18)19-7-6-15-26(19)21(29)24-13-16-28-22(30)27-14-5-4-8-20(27)25-28/h4-5,8-12,14,19H,6-7,13,15-16H2,1-3H3,(H,24,29). The number of carbonyl (C=O) groups excluding carboxylic acids is 1. The number of amides is 2. The van der Waals surface area contributed by atoms with E-state index < -0.39 is 0 Å². The van der Waals surface area contributed by atoms with Crippen LogP contribution in [-0.2, 0) is 12.0 Å². The molecule has 7 nitrogen and oxygen atoms in total. The first-order chi connectivity index (χ1) is 14.3. The molecule has 1 fully saturated rings. The van der Waals surface area contributed by atoms with Gasteiger partial charge in [0.1, 0.15) is 0 Å². The zero-order valence-corrected chi connectivity index (χ0v) is 17.8. The summed E-state index contributed by atoms with van der Waals surface area (Å²) in [5.41, 5.74) is 2.98. The van der Waals surface area contributed by atoms with Crippen molar-refractivity contribution in [1.29, 1.82) is 0 Å². The van der Waals surface area contributed by atoms with E-state index >= 15 is 0 Å². The fourth-order valence-corrected chi connectivity index (χ4v) is 4.05. The predicted molar refractivity (Wildman–Crippen MR) is 117 cm³/mol. The normalized spacial score (nSPS) is 16.9. The van der Waals surface area contributed by atoms with Crippen LogP contribution in [0.2, 0.25) is 0 Å². The highest BCUT2D eigenvalue weighted by Gasteiger charge is 2.30. The Balaban J connectivity index is 1.39. The first-order valence-corrected chi connectivity index (χ1v) is 10.5. The number of pyridine rings is 1. The molecule has 2 aromatic heterocycles. The lowest BCUT2D eigenvalue weighted by molar-refractivity contribution is 0.192. The van der Waals surface area contributed by atoms with Crippen molar-refractivity contribution in [2.75, 3.05) is 13.1 Å². The first kappa shape index (κ1) is 20.2. The lowest BCUT2D eigenvalue weighted by Gasteiger charge is -2.26. The number of hydrogen-bond acceptors (Lipinski definition) is 3. The van der Waals surface area contributed by atoms with Gasteiger partial charge in [-0.1, -0.05) is 51.1 Å². The molecule has 2 amide bonds. The summed E-state index contributed by atoms with van der Waals surface area (Å²) < 4.78 is 2.89. The largest absolute Gasteiger partial charge is 0.350 e. The minimum atomic E-state index is -0.196. The number of hydrogen-bond donors (Lipinski definition) is 1. The summed E-state index contributed by atoms with van der Waals surface area (Å²) in [6.45, 7) is 8.04. The fourth-order valence-electron chi connectivity index (χ4n) is 4.05. The molecule has 30 heavy (non-hydrogen) atoms. The van der Waals surface area contributed by atoms with E-state index in [1.54, 1.807) is 18.3 Å². The van der Waals surface area contributed by atoms with Crippen LogP contribution in [0.1, 0.15) is 50.8 Å². The van der Waals surface area contributed by atoms with Gasteiger partial charge in [-0.15, -0.1) is 5.10 Å². The minimum absolute atomic E-state index is 0.0887. The highest BCUT2D eigenvalue weighted by Crippen LogP contribution is 2.33. The molecule has 0 bridgehead atoms. The molecule has 0 saturated carbocycles. The molecule has 3 heterocycles. The number of nitrogens with zero attached hydrogens (tertiary/aromatic N) is 4. The highest BCUT2D eigenvalue weighted by atomic mass is 16.2. The van der Waals surface area contributed by atoms with Gasteiger partial charge < -0.3 is 10.2 Å². The smallest absolute Gasteiger partial charge is 0.336 e. The maximum atomic E-state index is 12.8. The van der Waals surface area contributed by atoms with E-state index in [4.69, 9.17) is 0 Å². The maximum absolute atomic E-state index is 12.8. The third kappa shape index (κ3) is 3.97. The second-order valence-corrected chi connectivity index (χ2v) is 8.89. The Hall–Kier alpha value is -3.09. The predicted octanol–water partition coefficient (Wildman–Crippen LogP) is 3.34. The summed E-state index contributed by atoms with van der Waals surface area (Å²) in [6, 6.07) is 14.1. The molecule has 3 aromatic rings. The second kappa shape index (κ2) is 7.97. The van der Waals surface area contributed by atoms with Crippen molar-refractivity contribution in [1.82, 2.24) is 24.4 Å². The van der Waals surface area contributed by atoms with Crippen LogP contribution < -0.4 is 11.0 Å². The molecule has 0 radical (unpaired) electrons. The van der Waals surface area contributed by atoms with Gasteiger partial charge in [0, 0.05) is 19.3 Å². The van der Waals surface area contributed by atoms with E-state index in [1.807, 2.05) is 11.0 Å². The molecule has 1 aliphatic rings. The van der Waals surface area contributed by atoms with Crippen LogP contribution in [-0.4, -0.2) is 38.2 Å². The second-order valence-electron chi connectivity index (χ2n) is 8.89. The van der Waals surface area contributed by atoms with Crippen LogP contribution in [0, 0.1) is 0 Å². The van der Waals surface area contributed by atoms with Crippen molar-refractivity contribution in [3.05, 3.63) is 70.3 Å². The zero-order chi connectivity index (χ0) is 21.3. The van der Waals surface area contributed by atoms with Gasteiger partial charge in [0.15, 0.2) is 5.65 Å². The van der Waals surface area contributed by atoms with E-state index in [1.165, 1.54) is 20.2 Å². The number of carbonyl (C=O) groups is 1. The molecular weight excluding hydrogens is 378 g/mol. The molecule has 0 spiro atoms. The lowest BCUT2D eigenvalue weighted by Crippen LogP contribution is -2.41. The quantitative estimate of drug-likeness (QED) is 0.721. The Labute approximate surface area is 176 Å². The summed E-state index contributed by atoms with van der Waals surface area (Å²) in [7, 11) is 0. The van der Waals surface area contributed by atoms with Gasteiger partial charge in [-0.3, -0.25) is 4.40 Å². The van der Waals surface area contributed by atoms with E-state index in [0.717, 1.165) is 19.4 Å². The molecule has 158 valence electrons. The Morgan fingerprint density at radius 1 is 1.17 bits per heavy atom. The van der Waals surface area contributed by atoms with Crippen LogP contribution in [0.4, 0.5) is 4.79 Å². The van der Waals surface area contributed by atoms with Crippen molar-refractivity contribution >= 4 is 11.7 Å². The van der Waals surface area contributed by atoms with Crippen molar-refractivity contribution < 1.29 is 4.79 Å². The van der Waals surface area contributed by atoms with Crippen LogP contribution in [0.3, 0.4) is 0 Å². The molecule has 1 atom stereocenters. The monoisotopic (exact) mass is 407 g/mol.